The number of rotatable bonds is 4. The highest BCUT2D eigenvalue weighted by Crippen LogP contribution is 2.30. The fourth-order valence-electron chi connectivity index (χ4n) is 1.28. The van der Waals surface area contributed by atoms with E-state index >= 15 is 0 Å². The number of thiophene rings is 1. The van der Waals surface area contributed by atoms with Gasteiger partial charge in [0, 0.05) is 19.2 Å². The van der Waals surface area contributed by atoms with Gasteiger partial charge in [-0.05, 0) is 18.4 Å². The lowest BCUT2D eigenvalue weighted by atomic mass is 9.96. The van der Waals surface area contributed by atoms with E-state index in [9.17, 15) is 4.79 Å². The predicted molar refractivity (Wildman–Crippen MR) is 59.1 cm³/mol. The third-order valence-corrected chi connectivity index (χ3v) is 3.34. The quantitative estimate of drug-likeness (QED) is 0.792. The molecule has 0 radical (unpaired) electrons. The van der Waals surface area contributed by atoms with Crippen molar-refractivity contribution >= 4 is 17.3 Å². The molecule has 15 heavy (non-hydrogen) atoms. The van der Waals surface area contributed by atoms with Crippen molar-refractivity contribution in [2.45, 2.75) is 12.5 Å². The molecule has 1 aromatic heterocycles. The summed E-state index contributed by atoms with van der Waals surface area (Å²) >= 11 is 1.33. The Morgan fingerprint density at radius 1 is 1.60 bits per heavy atom. The molecule has 0 saturated carbocycles. The molecule has 0 saturated heterocycles. The molecule has 0 bridgehead atoms. The van der Waals surface area contributed by atoms with E-state index in [0.29, 0.717) is 11.4 Å². The summed E-state index contributed by atoms with van der Waals surface area (Å²) in [5, 5.41) is 1.83. The molecule has 1 rings (SSSR count). The van der Waals surface area contributed by atoms with E-state index in [1.54, 1.807) is 7.11 Å². The maximum atomic E-state index is 11.5. The number of carbonyl (C=O) groups excluding carboxylic acids is 1. The molecule has 0 spiro atoms. The summed E-state index contributed by atoms with van der Waals surface area (Å²) in [7, 11) is 2.93. The average molecular weight is 229 g/mol. The molecule has 0 fully saturated rings. The molecule has 1 heterocycles. The molecule has 2 N–H and O–H groups in total. The first kappa shape index (κ1) is 12.2. The maximum Gasteiger partial charge on any atom is 0.348 e. The molecule has 0 aliphatic heterocycles. The lowest BCUT2D eigenvalue weighted by Gasteiger charge is -2.26. The summed E-state index contributed by atoms with van der Waals surface area (Å²) in [6, 6.07) is 1.84. The molecule has 1 atom stereocenters. The Bertz CT molecular complexity index is 344. The van der Waals surface area contributed by atoms with E-state index in [4.69, 9.17) is 15.2 Å². The first-order chi connectivity index (χ1) is 7.09. The van der Waals surface area contributed by atoms with Crippen LogP contribution in [0, 0.1) is 0 Å². The second-order valence-corrected chi connectivity index (χ2v) is 4.21. The van der Waals surface area contributed by atoms with Crippen molar-refractivity contribution in [3.05, 3.63) is 21.9 Å². The molecule has 0 aliphatic rings. The van der Waals surface area contributed by atoms with Gasteiger partial charge in [-0.1, -0.05) is 0 Å². The minimum atomic E-state index is -0.635. The van der Waals surface area contributed by atoms with Crippen molar-refractivity contribution in [3.63, 3.8) is 0 Å². The third kappa shape index (κ3) is 2.19. The minimum absolute atomic E-state index is 0.310. The Hall–Kier alpha value is -0.910. The van der Waals surface area contributed by atoms with Gasteiger partial charge in [-0.25, -0.2) is 4.79 Å². The van der Waals surface area contributed by atoms with Crippen LogP contribution in [0.2, 0.25) is 0 Å². The van der Waals surface area contributed by atoms with Gasteiger partial charge in [-0.15, -0.1) is 11.3 Å². The van der Waals surface area contributed by atoms with Crippen LogP contribution in [0.1, 0.15) is 22.2 Å². The fourth-order valence-corrected chi connectivity index (χ4v) is 2.21. The van der Waals surface area contributed by atoms with Crippen molar-refractivity contribution in [2.24, 2.45) is 5.73 Å². The Labute approximate surface area is 93.0 Å². The summed E-state index contributed by atoms with van der Waals surface area (Å²) < 4.78 is 10.0. The van der Waals surface area contributed by atoms with E-state index in [1.165, 1.54) is 18.4 Å². The molecule has 0 aromatic carbocycles. The monoisotopic (exact) mass is 229 g/mol. The van der Waals surface area contributed by atoms with Crippen LogP contribution < -0.4 is 5.73 Å². The number of esters is 1. The standard InChI is InChI=1S/C10H15NO3S/c1-10(6-11,14-3)7-4-5-15-8(7)9(12)13-2/h4-5H,6,11H2,1-3H3. The van der Waals surface area contributed by atoms with Crippen LogP contribution in [-0.2, 0) is 15.1 Å². The van der Waals surface area contributed by atoms with Crippen molar-refractivity contribution in [3.8, 4) is 0 Å². The molecule has 5 heteroatoms. The molecule has 84 valence electrons. The average Bonchev–Trinajstić information content (AvgIpc) is 2.76. The van der Waals surface area contributed by atoms with Crippen molar-refractivity contribution in [1.29, 1.82) is 0 Å². The SMILES string of the molecule is COC(=O)c1sccc1C(C)(CN)OC. The van der Waals surface area contributed by atoms with Gasteiger partial charge in [0.25, 0.3) is 0 Å². The van der Waals surface area contributed by atoms with E-state index in [0.717, 1.165) is 5.56 Å². The highest BCUT2D eigenvalue weighted by molar-refractivity contribution is 7.12. The van der Waals surface area contributed by atoms with Crippen molar-refractivity contribution < 1.29 is 14.3 Å². The highest BCUT2D eigenvalue weighted by atomic mass is 32.1. The number of carbonyl (C=O) groups is 1. The summed E-state index contributed by atoms with van der Waals surface area (Å²) in [5.74, 6) is -0.350. The molecule has 4 nitrogen and oxygen atoms in total. The van der Waals surface area contributed by atoms with Crippen molar-refractivity contribution in [2.75, 3.05) is 20.8 Å². The lowest BCUT2D eigenvalue weighted by molar-refractivity contribution is 0.00891. The number of hydrogen-bond acceptors (Lipinski definition) is 5. The summed E-state index contributed by atoms with van der Waals surface area (Å²) in [6.45, 7) is 2.16. The number of ether oxygens (including phenoxy) is 2. The molecule has 0 amide bonds. The summed E-state index contributed by atoms with van der Waals surface area (Å²) in [4.78, 5) is 12.0. The molecule has 1 aromatic rings. The van der Waals surface area contributed by atoms with Crippen molar-refractivity contribution in [1.82, 2.24) is 0 Å². The van der Waals surface area contributed by atoms with Gasteiger partial charge >= 0.3 is 5.97 Å². The Morgan fingerprint density at radius 3 is 2.73 bits per heavy atom. The zero-order valence-corrected chi connectivity index (χ0v) is 9.89. The Kier molecular flexibility index (Phi) is 3.84. The van der Waals surface area contributed by atoms with E-state index in [1.807, 2.05) is 18.4 Å². The highest BCUT2D eigenvalue weighted by Gasteiger charge is 2.30. The van der Waals surface area contributed by atoms with Crippen LogP contribution in [0.3, 0.4) is 0 Å². The molecule has 0 aliphatic carbocycles. The second kappa shape index (κ2) is 4.74. The van der Waals surface area contributed by atoms with Gasteiger partial charge in [0.1, 0.15) is 10.5 Å². The van der Waals surface area contributed by atoms with Gasteiger partial charge in [-0.2, -0.15) is 0 Å². The number of methoxy groups -OCH3 is 2. The largest absolute Gasteiger partial charge is 0.465 e. The molecule has 1 unspecified atom stereocenters. The zero-order valence-electron chi connectivity index (χ0n) is 9.07. The summed E-state index contributed by atoms with van der Waals surface area (Å²) in [5.41, 5.74) is 5.79. The van der Waals surface area contributed by atoms with Gasteiger partial charge < -0.3 is 15.2 Å². The fraction of sp³-hybridized carbons (Fsp3) is 0.500. The Balaban J connectivity index is 3.14. The van der Waals surface area contributed by atoms with Crippen LogP contribution in [0.15, 0.2) is 11.4 Å². The van der Waals surface area contributed by atoms with E-state index < -0.39 is 5.60 Å². The lowest BCUT2D eigenvalue weighted by Crippen LogP contribution is -2.34. The van der Waals surface area contributed by atoms with Gasteiger partial charge in [0.2, 0.25) is 0 Å². The van der Waals surface area contributed by atoms with Crippen LogP contribution in [-0.4, -0.2) is 26.7 Å². The normalized spacial score (nSPS) is 14.7. The smallest absolute Gasteiger partial charge is 0.348 e. The minimum Gasteiger partial charge on any atom is -0.465 e. The van der Waals surface area contributed by atoms with Crippen LogP contribution >= 0.6 is 11.3 Å². The van der Waals surface area contributed by atoms with Crippen LogP contribution in [0.4, 0.5) is 0 Å². The van der Waals surface area contributed by atoms with Gasteiger partial charge in [-0.3, -0.25) is 0 Å². The van der Waals surface area contributed by atoms with Crippen LogP contribution in [0.5, 0.6) is 0 Å². The first-order valence-electron chi connectivity index (χ1n) is 4.50. The van der Waals surface area contributed by atoms with Gasteiger partial charge in [0.05, 0.1) is 7.11 Å². The van der Waals surface area contributed by atoms with Gasteiger partial charge in [0.15, 0.2) is 0 Å². The third-order valence-electron chi connectivity index (χ3n) is 2.45. The number of nitrogens with two attached hydrogens (primary N) is 1. The topological polar surface area (TPSA) is 61.5 Å². The molecular formula is C10H15NO3S. The second-order valence-electron chi connectivity index (χ2n) is 3.29. The predicted octanol–water partition coefficient (Wildman–Crippen LogP) is 1.35. The van der Waals surface area contributed by atoms with E-state index in [-0.39, 0.29) is 5.97 Å². The zero-order chi connectivity index (χ0) is 11.5. The summed E-state index contributed by atoms with van der Waals surface area (Å²) in [6.07, 6.45) is 0. The Morgan fingerprint density at radius 2 is 2.27 bits per heavy atom. The van der Waals surface area contributed by atoms with Crippen LogP contribution in [0.25, 0.3) is 0 Å². The molecular weight excluding hydrogens is 214 g/mol. The van der Waals surface area contributed by atoms with E-state index in [2.05, 4.69) is 0 Å². The first-order valence-corrected chi connectivity index (χ1v) is 5.38. The number of hydrogen-bond donors (Lipinski definition) is 1. The maximum absolute atomic E-state index is 11.5.